The van der Waals surface area contributed by atoms with E-state index in [2.05, 4.69) is 15.3 Å². The van der Waals surface area contributed by atoms with E-state index in [9.17, 15) is 9.59 Å². The lowest BCUT2D eigenvalue weighted by Gasteiger charge is -2.27. The van der Waals surface area contributed by atoms with Gasteiger partial charge in [-0.05, 0) is 37.1 Å². The van der Waals surface area contributed by atoms with Crippen LogP contribution in [0.25, 0.3) is 27.5 Å². The predicted molar refractivity (Wildman–Crippen MR) is 143 cm³/mol. The molecule has 190 valence electrons. The van der Waals surface area contributed by atoms with Crippen molar-refractivity contribution in [2.24, 2.45) is 0 Å². The molecule has 4 heterocycles. The van der Waals surface area contributed by atoms with Crippen LogP contribution < -0.4 is 10.8 Å². The molecule has 1 N–H and O–H groups in total. The number of pyridine rings is 1. The molecule has 1 saturated heterocycles. The van der Waals surface area contributed by atoms with E-state index < -0.39 is 6.09 Å². The number of anilines is 1. The normalized spacial score (nSPS) is 14.5. The Bertz CT molecular complexity index is 1530. The Morgan fingerprint density at radius 1 is 1.18 bits per heavy atom. The van der Waals surface area contributed by atoms with Crippen LogP contribution in [0.3, 0.4) is 0 Å². The predicted octanol–water partition coefficient (Wildman–Crippen LogP) is 2.60. The molecule has 1 aliphatic carbocycles. The van der Waals surface area contributed by atoms with Crippen molar-refractivity contribution in [2.45, 2.75) is 12.8 Å². The molecule has 2 radical (unpaired) electrons. The number of carbonyl (C=O) groups excluding carboxylic acids is 2. The largest absolute Gasteiger partial charge is 0.453 e. The maximum Gasteiger partial charge on any atom is 0.413 e. The summed E-state index contributed by atoms with van der Waals surface area (Å²) in [6, 6.07) is 9.15. The van der Waals surface area contributed by atoms with Gasteiger partial charge in [-0.1, -0.05) is 22.9 Å². The summed E-state index contributed by atoms with van der Waals surface area (Å²) in [6.07, 6.45) is 4.34. The lowest BCUT2D eigenvalue weighted by atomic mass is 9.91. The zero-order chi connectivity index (χ0) is 26.2. The molecule has 0 atom stereocenters. The standard InChI is InChI=1S/C26H23BN6O4S/c1-36-26(35)30-25-29-19-6-5-17-21(16-3-2-8-28-14-16)31-33(22(17)23(19)38-25)20-7-4-15(13-18(20)27)24(34)32-9-11-37-12-10-32/h2-4,7-8,13-14H,5-6,9-12H2,1H3,(H,29,30,35). The molecule has 6 rings (SSSR count). The maximum atomic E-state index is 13.0. The summed E-state index contributed by atoms with van der Waals surface area (Å²) < 4.78 is 11.9. The number of rotatable bonds is 4. The van der Waals surface area contributed by atoms with Gasteiger partial charge in [0.25, 0.3) is 5.91 Å². The molecule has 12 heteroatoms. The number of hydrogen-bond donors (Lipinski definition) is 1. The van der Waals surface area contributed by atoms with Crippen LogP contribution in [0.4, 0.5) is 9.93 Å². The van der Waals surface area contributed by atoms with Crippen LogP contribution in [-0.2, 0) is 22.3 Å². The molecule has 3 aromatic heterocycles. The van der Waals surface area contributed by atoms with E-state index in [-0.39, 0.29) is 5.91 Å². The minimum atomic E-state index is -0.578. The summed E-state index contributed by atoms with van der Waals surface area (Å²) in [4.78, 5) is 36.4. The van der Waals surface area contributed by atoms with E-state index in [0.717, 1.165) is 33.1 Å². The van der Waals surface area contributed by atoms with Gasteiger partial charge >= 0.3 is 6.09 Å². The number of nitrogens with one attached hydrogen (secondary N) is 1. The smallest absolute Gasteiger partial charge is 0.413 e. The Labute approximate surface area is 224 Å². The number of benzene rings is 1. The van der Waals surface area contributed by atoms with Crippen LogP contribution in [0.1, 0.15) is 21.6 Å². The lowest BCUT2D eigenvalue weighted by Crippen LogP contribution is -2.41. The van der Waals surface area contributed by atoms with E-state index >= 15 is 0 Å². The molecular weight excluding hydrogens is 503 g/mol. The van der Waals surface area contributed by atoms with Crippen LogP contribution in [0.5, 0.6) is 0 Å². The third-order valence-electron chi connectivity index (χ3n) is 6.64. The Morgan fingerprint density at radius 2 is 2.03 bits per heavy atom. The first-order valence-electron chi connectivity index (χ1n) is 12.2. The average molecular weight is 526 g/mol. The molecule has 4 aromatic rings. The van der Waals surface area contributed by atoms with Gasteiger partial charge in [0.15, 0.2) is 5.13 Å². The van der Waals surface area contributed by atoms with Gasteiger partial charge in [-0.2, -0.15) is 5.10 Å². The molecule has 1 aliphatic heterocycles. The topological polar surface area (TPSA) is 111 Å². The lowest BCUT2D eigenvalue weighted by molar-refractivity contribution is 0.0303. The Balaban J connectivity index is 1.46. The summed E-state index contributed by atoms with van der Waals surface area (Å²) in [5.41, 5.74) is 6.07. The molecule has 38 heavy (non-hydrogen) atoms. The van der Waals surface area contributed by atoms with Crippen molar-refractivity contribution in [3.8, 4) is 27.5 Å². The van der Waals surface area contributed by atoms with Gasteiger partial charge in [-0.3, -0.25) is 15.1 Å². The second kappa shape index (κ2) is 10.0. The van der Waals surface area contributed by atoms with Crippen LogP contribution in [0.15, 0.2) is 42.7 Å². The number of aromatic nitrogens is 4. The van der Waals surface area contributed by atoms with Crippen molar-refractivity contribution in [1.82, 2.24) is 24.6 Å². The highest BCUT2D eigenvalue weighted by Crippen LogP contribution is 2.43. The number of ether oxygens (including phenoxy) is 2. The molecule has 2 amide bonds. The summed E-state index contributed by atoms with van der Waals surface area (Å²) in [7, 11) is 7.87. The zero-order valence-corrected chi connectivity index (χ0v) is 21.5. The number of nitrogens with zero attached hydrogens (tertiary/aromatic N) is 5. The summed E-state index contributed by atoms with van der Waals surface area (Å²) in [5, 5.41) is 8.11. The highest BCUT2D eigenvalue weighted by atomic mass is 32.1. The highest BCUT2D eigenvalue weighted by molar-refractivity contribution is 7.19. The maximum absolute atomic E-state index is 13.0. The Kier molecular flexibility index (Phi) is 6.42. The molecule has 2 aliphatic rings. The minimum Gasteiger partial charge on any atom is -0.453 e. The Hall–Kier alpha value is -4.03. The molecule has 1 aromatic carbocycles. The average Bonchev–Trinajstić information content (AvgIpc) is 3.54. The van der Waals surface area contributed by atoms with Gasteiger partial charge in [0.05, 0.1) is 48.0 Å². The van der Waals surface area contributed by atoms with Gasteiger partial charge in [0.1, 0.15) is 7.85 Å². The molecule has 0 saturated carbocycles. The zero-order valence-electron chi connectivity index (χ0n) is 20.6. The number of carbonyl (C=O) groups is 2. The fourth-order valence-electron chi connectivity index (χ4n) is 4.80. The number of aryl methyl sites for hydroxylation is 1. The third-order valence-corrected chi connectivity index (χ3v) is 7.66. The summed E-state index contributed by atoms with van der Waals surface area (Å²) >= 11 is 1.36. The van der Waals surface area contributed by atoms with E-state index in [1.165, 1.54) is 18.4 Å². The monoisotopic (exact) mass is 526 g/mol. The molecule has 1 fully saturated rings. The second-order valence-electron chi connectivity index (χ2n) is 8.92. The van der Waals surface area contributed by atoms with Crippen LogP contribution >= 0.6 is 11.3 Å². The van der Waals surface area contributed by atoms with E-state index in [4.69, 9.17) is 22.4 Å². The highest BCUT2D eigenvalue weighted by Gasteiger charge is 2.30. The van der Waals surface area contributed by atoms with E-state index in [1.807, 2.05) is 22.9 Å². The first-order valence-corrected chi connectivity index (χ1v) is 13.0. The quantitative estimate of drug-likeness (QED) is 0.407. The number of fused-ring (bicyclic) bond motifs is 3. The van der Waals surface area contributed by atoms with Gasteiger partial charge < -0.3 is 14.4 Å². The molecular formula is C26H23BN6O4S. The van der Waals surface area contributed by atoms with Crippen LogP contribution in [-0.4, -0.2) is 77.9 Å². The SMILES string of the molecule is [B]c1cc(C(=O)N2CCOCC2)ccc1-n1nc(-c2cccnc2)c2c1-c1sc(NC(=O)OC)nc1CC2. The number of methoxy groups -OCH3 is 1. The summed E-state index contributed by atoms with van der Waals surface area (Å²) in [5.74, 6) is -0.0756. The summed E-state index contributed by atoms with van der Waals surface area (Å²) in [6.45, 7) is 2.16. The second-order valence-corrected chi connectivity index (χ2v) is 9.92. The first-order chi connectivity index (χ1) is 18.5. The van der Waals surface area contributed by atoms with Crippen molar-refractivity contribution >= 4 is 41.8 Å². The molecule has 10 nitrogen and oxygen atoms in total. The van der Waals surface area contributed by atoms with Gasteiger partial charge in [-0.15, -0.1) is 0 Å². The van der Waals surface area contributed by atoms with Gasteiger partial charge in [0, 0.05) is 42.2 Å². The van der Waals surface area contributed by atoms with Crippen molar-refractivity contribution in [1.29, 1.82) is 0 Å². The van der Waals surface area contributed by atoms with Crippen LogP contribution in [0.2, 0.25) is 0 Å². The third kappa shape index (κ3) is 4.35. The van der Waals surface area contributed by atoms with Gasteiger partial charge in [0.2, 0.25) is 0 Å². The molecule has 0 spiro atoms. The first kappa shape index (κ1) is 24.3. The van der Waals surface area contributed by atoms with E-state index in [0.29, 0.717) is 61.0 Å². The number of amides is 2. The Morgan fingerprint density at radius 3 is 2.76 bits per heavy atom. The van der Waals surface area contributed by atoms with Crippen LogP contribution in [0, 0.1) is 0 Å². The number of morpholine rings is 1. The van der Waals surface area contributed by atoms with Gasteiger partial charge in [-0.25, -0.2) is 14.5 Å². The molecule has 0 unspecified atom stereocenters. The van der Waals surface area contributed by atoms with Crippen molar-refractivity contribution in [3.63, 3.8) is 0 Å². The number of hydrogen-bond acceptors (Lipinski definition) is 8. The van der Waals surface area contributed by atoms with Crippen molar-refractivity contribution in [3.05, 3.63) is 59.5 Å². The fourth-order valence-corrected chi connectivity index (χ4v) is 5.86. The van der Waals surface area contributed by atoms with E-state index in [1.54, 1.807) is 29.4 Å². The van der Waals surface area contributed by atoms with Crippen molar-refractivity contribution in [2.75, 3.05) is 38.7 Å². The van der Waals surface area contributed by atoms with Crippen molar-refractivity contribution < 1.29 is 19.1 Å². The molecule has 0 bridgehead atoms. The minimum absolute atomic E-state index is 0.0756. The fraction of sp³-hybridized carbons (Fsp3) is 0.269. The number of thiazole rings is 1.